The summed E-state index contributed by atoms with van der Waals surface area (Å²) in [7, 11) is 3.40. The van der Waals surface area contributed by atoms with E-state index >= 15 is 0 Å². The monoisotopic (exact) mass is 398 g/mol. The Morgan fingerprint density at radius 3 is 2.37 bits per heavy atom. The zero-order chi connectivity index (χ0) is 20.7. The molecule has 0 aliphatic carbocycles. The number of aromatic nitrogens is 1. The molecule has 2 heterocycles. The summed E-state index contributed by atoms with van der Waals surface area (Å²) in [6, 6.07) is 23.6. The van der Waals surface area contributed by atoms with E-state index in [0.29, 0.717) is 0 Å². The molecule has 0 spiro atoms. The molecule has 1 aliphatic rings. The SMILES string of the molecule is COc1cc2c(cc1OC)C(c1c(C)[nH]c3ccccc13)N(c1ccccc1)CC2. The maximum atomic E-state index is 5.68. The molecule has 1 aromatic heterocycles. The number of aryl methyl sites for hydroxylation is 1. The van der Waals surface area contributed by atoms with Gasteiger partial charge in [0.25, 0.3) is 0 Å². The second-order valence-corrected chi connectivity index (χ2v) is 7.80. The van der Waals surface area contributed by atoms with Crippen molar-refractivity contribution >= 4 is 16.6 Å². The van der Waals surface area contributed by atoms with Gasteiger partial charge in [-0.05, 0) is 54.8 Å². The molecule has 1 N–H and O–H groups in total. The Hall–Kier alpha value is -3.40. The molecule has 4 nitrogen and oxygen atoms in total. The lowest BCUT2D eigenvalue weighted by Gasteiger charge is -2.40. The van der Waals surface area contributed by atoms with E-state index in [-0.39, 0.29) is 6.04 Å². The van der Waals surface area contributed by atoms with Crippen LogP contribution >= 0.6 is 0 Å². The lowest BCUT2D eigenvalue weighted by atomic mass is 9.86. The normalized spacial score (nSPS) is 15.8. The van der Waals surface area contributed by atoms with E-state index in [4.69, 9.17) is 9.47 Å². The molecule has 0 amide bonds. The highest BCUT2D eigenvalue weighted by molar-refractivity contribution is 5.86. The van der Waals surface area contributed by atoms with Crippen LogP contribution in [0.4, 0.5) is 5.69 Å². The minimum absolute atomic E-state index is 0.0899. The van der Waals surface area contributed by atoms with Crippen molar-refractivity contribution in [2.45, 2.75) is 19.4 Å². The van der Waals surface area contributed by atoms with E-state index in [2.05, 4.69) is 83.5 Å². The number of para-hydroxylation sites is 2. The van der Waals surface area contributed by atoms with Gasteiger partial charge in [-0.2, -0.15) is 0 Å². The smallest absolute Gasteiger partial charge is 0.161 e. The molecule has 0 saturated heterocycles. The topological polar surface area (TPSA) is 37.5 Å². The Morgan fingerprint density at radius 2 is 1.60 bits per heavy atom. The molecule has 1 unspecified atom stereocenters. The number of nitrogens with zero attached hydrogens (tertiary/aromatic N) is 1. The van der Waals surface area contributed by atoms with Crippen molar-refractivity contribution in [2.75, 3.05) is 25.7 Å². The molecule has 0 fully saturated rings. The van der Waals surface area contributed by atoms with Crippen LogP contribution in [0.1, 0.15) is 28.4 Å². The van der Waals surface area contributed by atoms with Gasteiger partial charge in [0, 0.05) is 34.4 Å². The van der Waals surface area contributed by atoms with Crippen LogP contribution in [-0.2, 0) is 6.42 Å². The van der Waals surface area contributed by atoms with Gasteiger partial charge in [-0.1, -0.05) is 36.4 Å². The zero-order valence-corrected chi connectivity index (χ0v) is 17.6. The van der Waals surface area contributed by atoms with Crippen molar-refractivity contribution < 1.29 is 9.47 Å². The highest BCUT2D eigenvalue weighted by atomic mass is 16.5. The summed E-state index contributed by atoms with van der Waals surface area (Å²) in [5.74, 6) is 1.56. The van der Waals surface area contributed by atoms with Crippen LogP contribution in [0.5, 0.6) is 11.5 Å². The number of aromatic amines is 1. The number of H-pyrrole nitrogens is 1. The van der Waals surface area contributed by atoms with E-state index in [0.717, 1.165) is 24.5 Å². The summed E-state index contributed by atoms with van der Waals surface area (Å²) in [6.07, 6.45) is 0.961. The van der Waals surface area contributed by atoms with Gasteiger partial charge < -0.3 is 19.4 Å². The van der Waals surface area contributed by atoms with Crippen molar-refractivity contribution in [2.24, 2.45) is 0 Å². The van der Waals surface area contributed by atoms with Gasteiger partial charge in [-0.25, -0.2) is 0 Å². The lowest BCUT2D eigenvalue weighted by molar-refractivity contribution is 0.353. The molecule has 5 rings (SSSR count). The number of methoxy groups -OCH3 is 2. The molecule has 30 heavy (non-hydrogen) atoms. The fraction of sp³-hybridized carbons (Fsp3) is 0.231. The third-order valence-electron chi connectivity index (χ3n) is 6.18. The number of nitrogens with one attached hydrogen (secondary N) is 1. The van der Waals surface area contributed by atoms with Gasteiger partial charge >= 0.3 is 0 Å². The second kappa shape index (κ2) is 7.45. The molecule has 0 saturated carbocycles. The lowest BCUT2D eigenvalue weighted by Crippen LogP contribution is -2.36. The maximum Gasteiger partial charge on any atom is 0.161 e. The van der Waals surface area contributed by atoms with Crippen LogP contribution in [-0.4, -0.2) is 25.7 Å². The number of hydrogen-bond acceptors (Lipinski definition) is 3. The standard InChI is InChI=1S/C26H26N2O2/c1-17-25(20-11-7-8-12-22(20)27-17)26-21-16-24(30-3)23(29-2)15-18(21)13-14-28(26)19-9-5-4-6-10-19/h4-12,15-16,26-27H,13-14H2,1-3H3. The van der Waals surface area contributed by atoms with Crippen molar-refractivity contribution in [1.82, 2.24) is 4.98 Å². The third kappa shape index (κ3) is 2.91. The molecule has 0 bridgehead atoms. The Morgan fingerprint density at radius 1 is 0.900 bits per heavy atom. The molecular formula is C26H26N2O2. The van der Waals surface area contributed by atoms with Gasteiger partial charge in [0.2, 0.25) is 0 Å². The minimum atomic E-state index is 0.0899. The Bertz CT molecular complexity index is 1200. The van der Waals surface area contributed by atoms with E-state index in [1.54, 1.807) is 14.2 Å². The summed E-state index contributed by atoms with van der Waals surface area (Å²) < 4.78 is 11.3. The number of rotatable bonds is 4. The van der Waals surface area contributed by atoms with Crippen molar-refractivity contribution in [3.8, 4) is 11.5 Å². The molecule has 3 aromatic carbocycles. The molecule has 1 aliphatic heterocycles. The predicted molar refractivity (Wildman–Crippen MR) is 122 cm³/mol. The quantitative estimate of drug-likeness (QED) is 0.483. The van der Waals surface area contributed by atoms with Crippen molar-refractivity contribution in [3.05, 3.63) is 89.1 Å². The van der Waals surface area contributed by atoms with Gasteiger partial charge in [0.1, 0.15) is 0 Å². The number of hydrogen-bond donors (Lipinski definition) is 1. The first-order chi connectivity index (χ1) is 14.7. The summed E-state index contributed by atoms with van der Waals surface area (Å²) in [4.78, 5) is 6.11. The van der Waals surface area contributed by atoms with Crippen LogP contribution in [0.15, 0.2) is 66.7 Å². The molecule has 152 valence electrons. The second-order valence-electron chi connectivity index (χ2n) is 7.80. The first-order valence-electron chi connectivity index (χ1n) is 10.3. The van der Waals surface area contributed by atoms with Crippen molar-refractivity contribution in [3.63, 3.8) is 0 Å². The van der Waals surface area contributed by atoms with E-state index in [1.807, 2.05) is 0 Å². The van der Waals surface area contributed by atoms with E-state index < -0.39 is 0 Å². The fourth-order valence-corrected chi connectivity index (χ4v) is 4.81. The number of fused-ring (bicyclic) bond motifs is 2. The zero-order valence-electron chi connectivity index (χ0n) is 17.6. The van der Waals surface area contributed by atoms with Gasteiger partial charge in [-0.15, -0.1) is 0 Å². The third-order valence-corrected chi connectivity index (χ3v) is 6.18. The Kier molecular flexibility index (Phi) is 4.62. The Labute approximate surface area is 177 Å². The maximum absolute atomic E-state index is 5.68. The minimum Gasteiger partial charge on any atom is -0.493 e. The summed E-state index contributed by atoms with van der Waals surface area (Å²) in [5, 5.41) is 1.27. The number of anilines is 1. The fourth-order valence-electron chi connectivity index (χ4n) is 4.81. The van der Waals surface area contributed by atoms with Crippen LogP contribution in [0.2, 0.25) is 0 Å². The predicted octanol–water partition coefficient (Wildman–Crippen LogP) is 5.65. The highest BCUT2D eigenvalue weighted by Crippen LogP contribution is 2.45. The van der Waals surface area contributed by atoms with Crippen LogP contribution in [0.3, 0.4) is 0 Å². The van der Waals surface area contributed by atoms with Gasteiger partial charge in [0.05, 0.1) is 20.3 Å². The van der Waals surface area contributed by atoms with Crippen LogP contribution < -0.4 is 14.4 Å². The molecule has 0 radical (unpaired) electrons. The first kappa shape index (κ1) is 18.6. The molecular weight excluding hydrogens is 372 g/mol. The van der Waals surface area contributed by atoms with E-state index in [9.17, 15) is 0 Å². The molecule has 4 aromatic rings. The van der Waals surface area contributed by atoms with Crippen molar-refractivity contribution in [1.29, 1.82) is 0 Å². The number of ether oxygens (including phenoxy) is 2. The summed E-state index contributed by atoms with van der Waals surface area (Å²) in [6.45, 7) is 3.11. The summed E-state index contributed by atoms with van der Waals surface area (Å²) >= 11 is 0. The average Bonchev–Trinajstić information content (AvgIpc) is 3.13. The number of benzene rings is 3. The average molecular weight is 399 g/mol. The Balaban J connectivity index is 1.78. The molecule has 4 heteroatoms. The van der Waals surface area contributed by atoms with E-state index in [1.165, 1.54) is 39.0 Å². The van der Waals surface area contributed by atoms with Crippen LogP contribution in [0, 0.1) is 6.92 Å². The van der Waals surface area contributed by atoms with Gasteiger partial charge in [-0.3, -0.25) is 0 Å². The van der Waals surface area contributed by atoms with Crippen LogP contribution in [0.25, 0.3) is 10.9 Å². The summed E-state index contributed by atoms with van der Waals surface area (Å²) in [5.41, 5.74) is 7.51. The van der Waals surface area contributed by atoms with Gasteiger partial charge in [0.15, 0.2) is 11.5 Å². The molecule has 1 atom stereocenters. The first-order valence-corrected chi connectivity index (χ1v) is 10.3. The largest absolute Gasteiger partial charge is 0.493 e. The highest BCUT2D eigenvalue weighted by Gasteiger charge is 2.33.